The molecule has 14 heavy (non-hydrogen) atoms. The van der Waals surface area contributed by atoms with Gasteiger partial charge in [0, 0.05) is 22.9 Å². The molecule has 0 aliphatic heterocycles. The second-order valence-electron chi connectivity index (χ2n) is 4.04. The standard InChI is InChI=1S/C9H18N4O/c1-5-9(3,4)12-8(14)7(2)6-11-13-10/h7H,5-6H2,1-4H3,(H,12,14). The summed E-state index contributed by atoms with van der Waals surface area (Å²) in [6.07, 6.45) is 0.868. The van der Waals surface area contributed by atoms with E-state index in [2.05, 4.69) is 15.3 Å². The van der Waals surface area contributed by atoms with Crippen LogP contribution in [0.3, 0.4) is 0 Å². The van der Waals surface area contributed by atoms with Gasteiger partial charge in [-0.1, -0.05) is 19.0 Å². The van der Waals surface area contributed by atoms with Crippen LogP contribution in [0.2, 0.25) is 0 Å². The van der Waals surface area contributed by atoms with E-state index in [1.165, 1.54) is 0 Å². The van der Waals surface area contributed by atoms with Gasteiger partial charge in [0.25, 0.3) is 0 Å². The van der Waals surface area contributed by atoms with Crippen LogP contribution in [0.4, 0.5) is 0 Å². The van der Waals surface area contributed by atoms with Crippen molar-refractivity contribution >= 4 is 5.91 Å². The Morgan fingerprint density at radius 3 is 2.64 bits per heavy atom. The molecule has 0 bridgehead atoms. The Morgan fingerprint density at radius 1 is 1.64 bits per heavy atom. The zero-order chi connectivity index (χ0) is 11.2. The molecule has 80 valence electrons. The monoisotopic (exact) mass is 198 g/mol. The van der Waals surface area contributed by atoms with E-state index in [9.17, 15) is 4.79 Å². The molecule has 0 saturated heterocycles. The molecule has 0 aromatic rings. The molecule has 0 aromatic carbocycles. The van der Waals surface area contributed by atoms with Crippen molar-refractivity contribution in [2.24, 2.45) is 11.0 Å². The maximum atomic E-state index is 11.5. The number of hydrogen-bond acceptors (Lipinski definition) is 2. The van der Waals surface area contributed by atoms with Gasteiger partial charge in [0.2, 0.25) is 5.91 Å². The lowest BCUT2D eigenvalue weighted by Gasteiger charge is -2.26. The SMILES string of the molecule is CCC(C)(C)NC(=O)C(C)CN=[N+]=[N-]. The Balaban J connectivity index is 4.13. The van der Waals surface area contributed by atoms with Gasteiger partial charge < -0.3 is 5.32 Å². The van der Waals surface area contributed by atoms with Crippen molar-refractivity contribution in [3.8, 4) is 0 Å². The first-order chi connectivity index (χ1) is 6.43. The van der Waals surface area contributed by atoms with Crippen molar-refractivity contribution < 1.29 is 4.79 Å². The van der Waals surface area contributed by atoms with Crippen molar-refractivity contribution in [2.45, 2.75) is 39.7 Å². The third kappa shape index (κ3) is 4.72. The van der Waals surface area contributed by atoms with E-state index in [0.717, 1.165) is 6.42 Å². The molecule has 1 atom stereocenters. The number of rotatable bonds is 5. The predicted octanol–water partition coefficient (Wildman–Crippen LogP) is 2.24. The van der Waals surface area contributed by atoms with Crippen molar-refractivity contribution in [3.05, 3.63) is 10.4 Å². The molecule has 0 aliphatic carbocycles. The van der Waals surface area contributed by atoms with E-state index in [4.69, 9.17) is 5.53 Å². The highest BCUT2D eigenvalue weighted by Gasteiger charge is 2.20. The second kappa shape index (κ2) is 5.50. The van der Waals surface area contributed by atoms with Crippen molar-refractivity contribution in [3.63, 3.8) is 0 Å². The van der Waals surface area contributed by atoms with Crippen molar-refractivity contribution in [1.82, 2.24) is 5.32 Å². The maximum Gasteiger partial charge on any atom is 0.223 e. The highest BCUT2D eigenvalue weighted by atomic mass is 16.2. The smallest absolute Gasteiger partial charge is 0.223 e. The van der Waals surface area contributed by atoms with E-state index >= 15 is 0 Å². The Kier molecular flexibility index (Phi) is 5.02. The summed E-state index contributed by atoms with van der Waals surface area (Å²) < 4.78 is 0. The fourth-order valence-corrected chi connectivity index (χ4v) is 0.787. The van der Waals surface area contributed by atoms with E-state index in [1.807, 2.05) is 20.8 Å². The van der Waals surface area contributed by atoms with Gasteiger partial charge in [0.1, 0.15) is 0 Å². The zero-order valence-corrected chi connectivity index (χ0v) is 9.24. The lowest BCUT2D eigenvalue weighted by molar-refractivity contribution is -0.125. The molecule has 5 heteroatoms. The molecule has 0 saturated carbocycles. The Morgan fingerprint density at radius 2 is 2.21 bits per heavy atom. The molecule has 0 spiro atoms. The summed E-state index contributed by atoms with van der Waals surface area (Å²) in [4.78, 5) is 14.1. The van der Waals surface area contributed by atoms with Gasteiger partial charge in [-0.25, -0.2) is 0 Å². The fourth-order valence-electron chi connectivity index (χ4n) is 0.787. The predicted molar refractivity (Wildman–Crippen MR) is 55.7 cm³/mol. The van der Waals surface area contributed by atoms with Gasteiger partial charge in [-0.05, 0) is 25.8 Å². The molecule has 0 rings (SSSR count). The summed E-state index contributed by atoms with van der Waals surface area (Å²) in [6, 6.07) is 0. The van der Waals surface area contributed by atoms with E-state index in [-0.39, 0.29) is 23.9 Å². The van der Waals surface area contributed by atoms with Crippen LogP contribution in [0.25, 0.3) is 10.4 Å². The van der Waals surface area contributed by atoms with Crippen LogP contribution in [0, 0.1) is 5.92 Å². The minimum atomic E-state index is -0.267. The third-order valence-electron chi connectivity index (χ3n) is 2.21. The van der Waals surface area contributed by atoms with Crippen LogP contribution in [-0.2, 0) is 4.79 Å². The normalized spacial score (nSPS) is 12.9. The number of carbonyl (C=O) groups is 1. The Hall–Kier alpha value is -1.22. The molecule has 0 radical (unpaired) electrons. The number of nitrogens with zero attached hydrogens (tertiary/aromatic N) is 3. The largest absolute Gasteiger partial charge is 0.351 e. The van der Waals surface area contributed by atoms with Gasteiger partial charge in [0.05, 0.1) is 0 Å². The lowest BCUT2D eigenvalue weighted by Crippen LogP contribution is -2.45. The van der Waals surface area contributed by atoms with Crippen molar-refractivity contribution in [2.75, 3.05) is 6.54 Å². The molecule has 1 amide bonds. The molecule has 5 nitrogen and oxygen atoms in total. The number of nitrogens with one attached hydrogen (secondary N) is 1. The second-order valence-corrected chi connectivity index (χ2v) is 4.04. The van der Waals surface area contributed by atoms with Gasteiger partial charge in [-0.2, -0.15) is 0 Å². The zero-order valence-electron chi connectivity index (χ0n) is 9.24. The quantitative estimate of drug-likeness (QED) is 0.410. The Bertz CT molecular complexity index is 243. The van der Waals surface area contributed by atoms with E-state index < -0.39 is 0 Å². The first-order valence-electron chi connectivity index (χ1n) is 4.76. The van der Waals surface area contributed by atoms with Crippen LogP contribution < -0.4 is 5.32 Å². The van der Waals surface area contributed by atoms with Gasteiger partial charge in [-0.15, -0.1) is 0 Å². The molecule has 0 aromatic heterocycles. The molecule has 0 heterocycles. The summed E-state index contributed by atoms with van der Waals surface area (Å²) >= 11 is 0. The minimum Gasteiger partial charge on any atom is -0.351 e. The summed E-state index contributed by atoms with van der Waals surface area (Å²) in [5.41, 5.74) is 7.91. The molecule has 0 fully saturated rings. The molecule has 1 N–H and O–H groups in total. The summed E-state index contributed by atoms with van der Waals surface area (Å²) in [5.74, 6) is -0.332. The summed E-state index contributed by atoms with van der Waals surface area (Å²) in [5, 5.41) is 6.26. The van der Waals surface area contributed by atoms with Crippen molar-refractivity contribution in [1.29, 1.82) is 0 Å². The van der Waals surface area contributed by atoms with E-state index in [1.54, 1.807) is 6.92 Å². The topological polar surface area (TPSA) is 77.9 Å². The highest BCUT2D eigenvalue weighted by Crippen LogP contribution is 2.08. The van der Waals surface area contributed by atoms with Gasteiger partial charge in [0.15, 0.2) is 0 Å². The van der Waals surface area contributed by atoms with Gasteiger partial charge >= 0.3 is 0 Å². The number of carbonyl (C=O) groups excluding carboxylic acids is 1. The average molecular weight is 198 g/mol. The van der Waals surface area contributed by atoms with E-state index in [0.29, 0.717) is 0 Å². The van der Waals surface area contributed by atoms with Crippen LogP contribution in [0.1, 0.15) is 34.1 Å². The van der Waals surface area contributed by atoms with Gasteiger partial charge in [-0.3, -0.25) is 4.79 Å². The number of azide groups is 1. The van der Waals surface area contributed by atoms with Crippen LogP contribution in [0.5, 0.6) is 0 Å². The fraction of sp³-hybridized carbons (Fsp3) is 0.889. The maximum absolute atomic E-state index is 11.5. The Labute approximate surface area is 84.5 Å². The average Bonchev–Trinajstić information content (AvgIpc) is 2.13. The first-order valence-corrected chi connectivity index (χ1v) is 4.76. The number of hydrogen-bond donors (Lipinski definition) is 1. The molecule has 0 aliphatic rings. The first kappa shape index (κ1) is 12.8. The lowest BCUT2D eigenvalue weighted by atomic mass is 10.0. The molecular weight excluding hydrogens is 180 g/mol. The summed E-state index contributed by atoms with van der Waals surface area (Å²) in [6.45, 7) is 7.90. The van der Waals surface area contributed by atoms with Crippen LogP contribution >= 0.6 is 0 Å². The highest BCUT2D eigenvalue weighted by molar-refractivity contribution is 5.79. The van der Waals surface area contributed by atoms with Crippen LogP contribution in [0.15, 0.2) is 5.11 Å². The number of amides is 1. The molecule has 1 unspecified atom stereocenters. The third-order valence-corrected chi connectivity index (χ3v) is 2.21. The summed E-state index contributed by atoms with van der Waals surface area (Å²) in [7, 11) is 0. The minimum absolute atomic E-state index is 0.0655. The molecular formula is C9H18N4O. The van der Waals surface area contributed by atoms with Crippen LogP contribution in [-0.4, -0.2) is 18.0 Å².